The molecule has 0 saturated heterocycles. The van der Waals surface area contributed by atoms with Gasteiger partial charge in [-0.25, -0.2) is 0 Å². The molecule has 15 heavy (non-hydrogen) atoms. The number of carbonyl (C=O) groups is 1. The number of aromatic nitrogens is 1. The van der Waals surface area contributed by atoms with Gasteiger partial charge in [0.15, 0.2) is 5.78 Å². The number of rotatable bonds is 1. The summed E-state index contributed by atoms with van der Waals surface area (Å²) < 4.78 is 1.96. The van der Waals surface area contributed by atoms with E-state index in [0.29, 0.717) is 0 Å². The summed E-state index contributed by atoms with van der Waals surface area (Å²) in [5.41, 5.74) is 2.84. The van der Waals surface area contributed by atoms with Gasteiger partial charge in [-0.05, 0) is 25.5 Å². The molecule has 0 unspecified atom stereocenters. The topological polar surface area (TPSA) is 32.9 Å². The van der Waals surface area contributed by atoms with Crippen molar-refractivity contribution in [3.05, 3.63) is 32.3 Å². The summed E-state index contributed by atoms with van der Waals surface area (Å²) in [6.07, 6.45) is 1.76. The van der Waals surface area contributed by atoms with E-state index in [1.54, 1.807) is 13.1 Å². The van der Waals surface area contributed by atoms with Gasteiger partial charge in [-0.2, -0.15) is 0 Å². The van der Waals surface area contributed by atoms with Crippen LogP contribution in [0.4, 0.5) is 0 Å². The zero-order valence-corrected chi connectivity index (χ0v) is 11.5. The molecule has 0 saturated carbocycles. The van der Waals surface area contributed by atoms with Crippen molar-refractivity contribution in [1.82, 2.24) is 4.98 Å². The molecule has 0 aliphatic carbocycles. The first-order valence-corrected chi connectivity index (χ1v) is 6.07. The second-order valence-electron chi connectivity index (χ2n) is 3.47. The Morgan fingerprint density at radius 3 is 2.60 bits per heavy atom. The number of H-pyrrole nitrogens is 1. The highest BCUT2D eigenvalue weighted by molar-refractivity contribution is 9.11. The van der Waals surface area contributed by atoms with Gasteiger partial charge in [0, 0.05) is 26.1 Å². The van der Waals surface area contributed by atoms with Gasteiger partial charge in [0.1, 0.15) is 0 Å². The van der Waals surface area contributed by atoms with E-state index in [0.717, 1.165) is 31.0 Å². The average molecular weight is 331 g/mol. The van der Waals surface area contributed by atoms with E-state index in [2.05, 4.69) is 36.8 Å². The van der Waals surface area contributed by atoms with Crippen molar-refractivity contribution in [2.75, 3.05) is 0 Å². The largest absolute Gasteiger partial charge is 0.360 e. The quantitative estimate of drug-likeness (QED) is 0.781. The Morgan fingerprint density at radius 2 is 2.00 bits per heavy atom. The van der Waals surface area contributed by atoms with Gasteiger partial charge < -0.3 is 4.98 Å². The molecule has 0 atom stereocenters. The first kappa shape index (κ1) is 10.9. The van der Waals surface area contributed by atoms with Crippen LogP contribution in [0.5, 0.6) is 0 Å². The van der Waals surface area contributed by atoms with Gasteiger partial charge in [0.2, 0.25) is 0 Å². The summed E-state index contributed by atoms with van der Waals surface area (Å²) in [5, 5.41) is 0.961. The van der Waals surface area contributed by atoms with Crippen molar-refractivity contribution in [2.45, 2.75) is 13.8 Å². The van der Waals surface area contributed by atoms with Crippen LogP contribution in [-0.4, -0.2) is 10.8 Å². The lowest BCUT2D eigenvalue weighted by Gasteiger charge is -2.03. The molecule has 1 aromatic heterocycles. The third-order valence-electron chi connectivity index (χ3n) is 2.48. The highest BCUT2D eigenvalue weighted by Gasteiger charge is 2.14. The van der Waals surface area contributed by atoms with Crippen LogP contribution in [0.1, 0.15) is 22.8 Å². The van der Waals surface area contributed by atoms with Crippen LogP contribution in [-0.2, 0) is 0 Å². The van der Waals surface area contributed by atoms with E-state index in [-0.39, 0.29) is 5.78 Å². The number of nitrogens with one attached hydrogen (secondary N) is 1. The van der Waals surface area contributed by atoms with Gasteiger partial charge in [-0.3, -0.25) is 4.79 Å². The molecule has 0 fully saturated rings. The van der Waals surface area contributed by atoms with Gasteiger partial charge in [-0.1, -0.05) is 31.9 Å². The first-order valence-electron chi connectivity index (χ1n) is 4.49. The molecule has 2 aromatic rings. The van der Waals surface area contributed by atoms with Crippen LogP contribution in [0.15, 0.2) is 21.2 Å². The van der Waals surface area contributed by atoms with E-state index in [1.807, 2.05) is 13.0 Å². The highest BCUT2D eigenvalue weighted by Crippen LogP contribution is 2.34. The maximum absolute atomic E-state index is 11.4. The van der Waals surface area contributed by atoms with E-state index < -0.39 is 0 Å². The second kappa shape index (κ2) is 3.76. The number of ketones is 1. The van der Waals surface area contributed by atoms with Crippen molar-refractivity contribution in [2.24, 2.45) is 0 Å². The lowest BCUT2D eigenvalue weighted by molar-refractivity contribution is 0.101. The van der Waals surface area contributed by atoms with Gasteiger partial charge in [-0.15, -0.1) is 0 Å². The number of aromatic amines is 1. The predicted octanol–water partition coefficient (Wildman–Crippen LogP) is 4.20. The van der Waals surface area contributed by atoms with Crippen LogP contribution in [0.25, 0.3) is 10.9 Å². The van der Waals surface area contributed by atoms with Crippen LogP contribution < -0.4 is 0 Å². The summed E-state index contributed by atoms with van der Waals surface area (Å²) in [7, 11) is 0. The van der Waals surface area contributed by atoms with Crippen LogP contribution in [0.2, 0.25) is 0 Å². The molecule has 0 spiro atoms. The summed E-state index contributed by atoms with van der Waals surface area (Å²) in [4.78, 5) is 14.6. The minimum Gasteiger partial charge on any atom is -0.360 e. The van der Waals surface area contributed by atoms with E-state index in [4.69, 9.17) is 0 Å². The number of carbonyl (C=O) groups excluding carboxylic acids is 1. The summed E-state index contributed by atoms with van der Waals surface area (Å²) >= 11 is 6.96. The third-order valence-corrected chi connectivity index (χ3v) is 3.93. The lowest BCUT2D eigenvalue weighted by atomic mass is 10.1. The predicted molar refractivity (Wildman–Crippen MR) is 68.4 cm³/mol. The molecule has 2 rings (SSSR count). The number of fused-ring (bicyclic) bond motifs is 1. The Kier molecular flexibility index (Phi) is 2.73. The molecule has 0 bridgehead atoms. The highest BCUT2D eigenvalue weighted by atomic mass is 79.9. The van der Waals surface area contributed by atoms with Gasteiger partial charge in [0.25, 0.3) is 0 Å². The van der Waals surface area contributed by atoms with Crippen LogP contribution in [0, 0.1) is 6.92 Å². The number of hydrogen-bond acceptors (Lipinski definition) is 1. The number of hydrogen-bond donors (Lipinski definition) is 1. The molecule has 0 amide bonds. The average Bonchev–Trinajstić information content (AvgIpc) is 2.58. The fourth-order valence-corrected chi connectivity index (χ4v) is 3.03. The number of halogens is 2. The lowest BCUT2D eigenvalue weighted by Crippen LogP contribution is -1.90. The smallest absolute Gasteiger partial charge is 0.161 e. The fourth-order valence-electron chi connectivity index (χ4n) is 1.66. The molecule has 4 heteroatoms. The Labute approximate surface area is 104 Å². The molecular formula is C11H9Br2NO. The Balaban J connectivity index is 2.93. The number of Topliss-reactive ketones (excluding diaryl/α,β-unsaturated/α-hetero) is 1. The molecule has 78 valence electrons. The zero-order chi connectivity index (χ0) is 11.2. The summed E-state index contributed by atoms with van der Waals surface area (Å²) in [6, 6.07) is 1.97. The molecule has 0 aliphatic heterocycles. The van der Waals surface area contributed by atoms with Crippen molar-refractivity contribution >= 4 is 48.5 Å². The van der Waals surface area contributed by atoms with Crippen molar-refractivity contribution in [3.8, 4) is 0 Å². The number of aryl methyl sites for hydroxylation is 1. The molecular weight excluding hydrogens is 322 g/mol. The number of benzene rings is 1. The Morgan fingerprint density at radius 1 is 1.33 bits per heavy atom. The normalized spacial score (nSPS) is 10.9. The second-order valence-corrected chi connectivity index (χ2v) is 5.18. The van der Waals surface area contributed by atoms with Crippen molar-refractivity contribution in [3.63, 3.8) is 0 Å². The summed E-state index contributed by atoms with van der Waals surface area (Å²) in [5.74, 6) is 0.0728. The Hall–Kier alpha value is -0.610. The summed E-state index contributed by atoms with van der Waals surface area (Å²) in [6.45, 7) is 3.59. The maximum Gasteiger partial charge on any atom is 0.161 e. The molecule has 1 N–H and O–H groups in total. The minimum atomic E-state index is 0.0728. The minimum absolute atomic E-state index is 0.0728. The Bertz CT molecular complexity index is 557. The fraction of sp³-hybridized carbons (Fsp3) is 0.182. The standard InChI is InChI=1S/C11H9Br2NO/c1-5-8(12)3-9(13)10-7(6(2)15)4-14-11(5)10/h3-4,14H,1-2H3. The van der Waals surface area contributed by atoms with E-state index in [9.17, 15) is 4.79 Å². The maximum atomic E-state index is 11.4. The zero-order valence-electron chi connectivity index (χ0n) is 8.32. The molecule has 0 aliphatic rings. The molecule has 1 aromatic carbocycles. The third kappa shape index (κ3) is 1.66. The SMILES string of the molecule is CC(=O)c1c[nH]c2c(C)c(Br)cc(Br)c12. The molecule has 2 nitrogen and oxygen atoms in total. The van der Waals surface area contributed by atoms with Crippen molar-refractivity contribution < 1.29 is 4.79 Å². The van der Waals surface area contributed by atoms with Crippen LogP contribution >= 0.6 is 31.9 Å². The van der Waals surface area contributed by atoms with Gasteiger partial charge in [0.05, 0.1) is 5.52 Å². The van der Waals surface area contributed by atoms with Gasteiger partial charge >= 0.3 is 0 Å². The van der Waals surface area contributed by atoms with Crippen LogP contribution in [0.3, 0.4) is 0 Å². The van der Waals surface area contributed by atoms with Crippen molar-refractivity contribution in [1.29, 1.82) is 0 Å². The first-order chi connectivity index (χ1) is 7.02. The monoisotopic (exact) mass is 329 g/mol. The van der Waals surface area contributed by atoms with E-state index in [1.165, 1.54) is 0 Å². The van der Waals surface area contributed by atoms with E-state index >= 15 is 0 Å². The molecule has 1 heterocycles. The molecule has 0 radical (unpaired) electrons.